The number of allylic oxidation sites excluding steroid dienone is 1. The van der Waals surface area contributed by atoms with E-state index in [2.05, 4.69) is 53.3 Å². The quantitative estimate of drug-likeness (QED) is 0.737. The topological polar surface area (TPSA) is 25.2 Å². The number of fused-ring (bicyclic) bond motifs is 1. The van der Waals surface area contributed by atoms with Gasteiger partial charge in [0.25, 0.3) is 0 Å². The zero-order valence-electron chi connectivity index (χ0n) is 10.2. The molecule has 0 fully saturated rings. The highest BCUT2D eigenvalue weighted by atomic mass is 14.8. The molecule has 1 unspecified atom stereocenters. The maximum atomic E-state index is 4.57. The first-order valence-electron chi connectivity index (χ1n) is 6.03. The Labute approximate surface area is 107 Å². The van der Waals surface area contributed by atoms with E-state index in [-0.39, 0.29) is 5.41 Å². The average molecular weight is 234 g/mol. The first kappa shape index (κ1) is 10.9. The zero-order chi connectivity index (χ0) is 12.4. The van der Waals surface area contributed by atoms with Crippen molar-refractivity contribution in [3.63, 3.8) is 0 Å². The average Bonchev–Trinajstić information content (AvgIpc) is 2.61. The molecule has 0 bridgehead atoms. The van der Waals surface area contributed by atoms with Gasteiger partial charge in [-0.15, -0.1) is 0 Å². The Morgan fingerprint density at radius 2 is 1.83 bits per heavy atom. The number of aliphatic imine (C=N–C) groups is 1. The van der Waals surface area contributed by atoms with Crippen LogP contribution in [0.2, 0.25) is 0 Å². The Balaban J connectivity index is 2.09. The number of hydrogen-bond donors (Lipinski definition) is 0. The summed E-state index contributed by atoms with van der Waals surface area (Å²) < 4.78 is 0. The summed E-state index contributed by atoms with van der Waals surface area (Å²) in [6.07, 6.45) is 8.00. The molecule has 0 spiro atoms. The summed E-state index contributed by atoms with van der Waals surface area (Å²) in [6, 6.07) is 14.3. The predicted molar refractivity (Wildman–Crippen MR) is 75.2 cm³/mol. The Hall–Kier alpha value is -2.22. The van der Waals surface area contributed by atoms with Gasteiger partial charge in [0.2, 0.25) is 0 Å². The number of pyridine rings is 1. The Bertz CT molecular complexity index is 579. The first-order valence-corrected chi connectivity index (χ1v) is 6.03. The smallest absolute Gasteiger partial charge is 0.0883 e. The van der Waals surface area contributed by atoms with E-state index in [9.17, 15) is 0 Å². The lowest BCUT2D eigenvalue weighted by Gasteiger charge is -2.20. The molecular formula is C16H14N2. The molecule has 0 amide bonds. The summed E-state index contributed by atoms with van der Waals surface area (Å²) in [5.74, 6) is 0. The van der Waals surface area contributed by atoms with Crippen molar-refractivity contribution in [1.82, 2.24) is 4.98 Å². The summed E-state index contributed by atoms with van der Waals surface area (Å²) in [6.45, 7) is 2.16. The molecule has 2 aromatic rings. The Morgan fingerprint density at radius 3 is 2.67 bits per heavy atom. The molecule has 0 saturated carbocycles. The van der Waals surface area contributed by atoms with E-state index < -0.39 is 0 Å². The van der Waals surface area contributed by atoms with Gasteiger partial charge >= 0.3 is 0 Å². The lowest BCUT2D eigenvalue weighted by Crippen LogP contribution is -2.20. The fourth-order valence-corrected chi connectivity index (χ4v) is 2.11. The van der Waals surface area contributed by atoms with Crippen molar-refractivity contribution in [3.8, 4) is 0 Å². The standard InChI is InChI=1S/C16H14N2/c1-16(13-6-3-2-4-7-13)10-9-15-14(18-12-16)8-5-11-17-15/h2-12H,1H3. The normalized spacial score (nSPS) is 21.4. The van der Waals surface area contributed by atoms with Gasteiger partial charge in [0.1, 0.15) is 0 Å². The third kappa shape index (κ3) is 1.86. The van der Waals surface area contributed by atoms with Crippen LogP contribution in [0.3, 0.4) is 0 Å². The van der Waals surface area contributed by atoms with Crippen molar-refractivity contribution in [3.05, 3.63) is 66.0 Å². The molecule has 0 N–H and O–H groups in total. The lowest BCUT2D eigenvalue weighted by atomic mass is 9.83. The minimum atomic E-state index is -0.179. The van der Waals surface area contributed by atoms with Crippen molar-refractivity contribution in [2.45, 2.75) is 12.3 Å². The van der Waals surface area contributed by atoms with Crippen LogP contribution >= 0.6 is 0 Å². The van der Waals surface area contributed by atoms with E-state index in [1.165, 1.54) is 5.56 Å². The number of benzene rings is 1. The Kier molecular flexibility index (Phi) is 2.56. The van der Waals surface area contributed by atoms with Crippen LogP contribution in [-0.2, 0) is 5.41 Å². The van der Waals surface area contributed by atoms with Crippen LogP contribution in [0, 0.1) is 0 Å². The van der Waals surface area contributed by atoms with Gasteiger partial charge in [-0.1, -0.05) is 36.4 Å². The van der Waals surface area contributed by atoms with E-state index in [1.54, 1.807) is 6.20 Å². The van der Waals surface area contributed by atoms with Crippen molar-refractivity contribution >= 4 is 18.0 Å². The molecule has 18 heavy (non-hydrogen) atoms. The summed E-state index contributed by atoms with van der Waals surface area (Å²) in [4.78, 5) is 8.90. The molecule has 2 heterocycles. The van der Waals surface area contributed by atoms with Crippen LogP contribution in [-0.4, -0.2) is 11.2 Å². The minimum absolute atomic E-state index is 0.179. The van der Waals surface area contributed by atoms with E-state index >= 15 is 0 Å². The van der Waals surface area contributed by atoms with Crippen molar-refractivity contribution < 1.29 is 0 Å². The molecule has 3 rings (SSSR count). The van der Waals surface area contributed by atoms with Crippen molar-refractivity contribution in [1.29, 1.82) is 0 Å². The van der Waals surface area contributed by atoms with E-state index in [0.29, 0.717) is 0 Å². The molecule has 88 valence electrons. The van der Waals surface area contributed by atoms with Crippen molar-refractivity contribution in [2.75, 3.05) is 0 Å². The SMILES string of the molecule is CC1(c2ccccc2)C=Cc2ncccc2N=C1. The minimum Gasteiger partial charge on any atom is -0.258 e. The largest absolute Gasteiger partial charge is 0.258 e. The molecule has 1 aromatic heterocycles. The van der Waals surface area contributed by atoms with E-state index in [0.717, 1.165) is 11.4 Å². The second-order valence-electron chi connectivity index (χ2n) is 4.65. The molecule has 1 aromatic carbocycles. The van der Waals surface area contributed by atoms with Gasteiger partial charge in [-0.2, -0.15) is 0 Å². The number of aromatic nitrogens is 1. The van der Waals surface area contributed by atoms with Gasteiger partial charge < -0.3 is 0 Å². The molecule has 1 atom stereocenters. The number of rotatable bonds is 1. The number of nitrogens with zero attached hydrogens (tertiary/aromatic N) is 2. The molecule has 1 aliphatic heterocycles. The summed E-state index contributed by atoms with van der Waals surface area (Å²) in [5.41, 5.74) is 2.90. The molecule has 0 saturated heterocycles. The maximum Gasteiger partial charge on any atom is 0.0883 e. The summed E-state index contributed by atoms with van der Waals surface area (Å²) >= 11 is 0. The second kappa shape index (κ2) is 4.22. The molecule has 0 radical (unpaired) electrons. The first-order chi connectivity index (χ1) is 8.78. The molecule has 2 heteroatoms. The fourth-order valence-electron chi connectivity index (χ4n) is 2.11. The van der Waals surface area contributed by atoms with Crippen LogP contribution in [0.4, 0.5) is 5.69 Å². The third-order valence-electron chi connectivity index (χ3n) is 3.27. The summed E-state index contributed by atoms with van der Waals surface area (Å²) in [5, 5.41) is 0. The predicted octanol–water partition coefficient (Wildman–Crippen LogP) is 3.77. The van der Waals surface area contributed by atoms with Gasteiger partial charge in [-0.05, 0) is 30.7 Å². The van der Waals surface area contributed by atoms with Crippen LogP contribution in [0.25, 0.3) is 6.08 Å². The molecule has 0 aliphatic carbocycles. The van der Waals surface area contributed by atoms with Crippen molar-refractivity contribution in [2.24, 2.45) is 4.99 Å². The van der Waals surface area contributed by atoms with Gasteiger partial charge in [-0.25, -0.2) is 0 Å². The van der Waals surface area contributed by atoms with Gasteiger partial charge in [-0.3, -0.25) is 9.98 Å². The highest BCUT2D eigenvalue weighted by Crippen LogP contribution is 2.30. The van der Waals surface area contributed by atoms with E-state index in [4.69, 9.17) is 0 Å². The second-order valence-corrected chi connectivity index (χ2v) is 4.65. The molecule has 1 aliphatic rings. The molecular weight excluding hydrogens is 220 g/mol. The maximum absolute atomic E-state index is 4.57. The van der Waals surface area contributed by atoms with E-state index in [1.807, 2.05) is 24.4 Å². The monoisotopic (exact) mass is 234 g/mol. The zero-order valence-corrected chi connectivity index (χ0v) is 10.2. The summed E-state index contributed by atoms with van der Waals surface area (Å²) in [7, 11) is 0. The lowest BCUT2D eigenvalue weighted by molar-refractivity contribution is 0.834. The van der Waals surface area contributed by atoms with Crippen LogP contribution in [0.5, 0.6) is 0 Å². The number of hydrogen-bond acceptors (Lipinski definition) is 2. The van der Waals surface area contributed by atoms with Gasteiger partial charge in [0.15, 0.2) is 0 Å². The highest BCUT2D eigenvalue weighted by Gasteiger charge is 2.22. The van der Waals surface area contributed by atoms with Crippen LogP contribution in [0.1, 0.15) is 18.2 Å². The molecule has 2 nitrogen and oxygen atoms in total. The third-order valence-corrected chi connectivity index (χ3v) is 3.27. The van der Waals surface area contributed by atoms with Crippen LogP contribution < -0.4 is 0 Å². The fraction of sp³-hybridized carbons (Fsp3) is 0.125. The Morgan fingerprint density at radius 1 is 1.00 bits per heavy atom. The van der Waals surface area contributed by atoms with Gasteiger partial charge in [0, 0.05) is 17.8 Å². The van der Waals surface area contributed by atoms with Gasteiger partial charge in [0.05, 0.1) is 11.4 Å². The van der Waals surface area contributed by atoms with Crippen LogP contribution in [0.15, 0.2) is 59.7 Å². The highest BCUT2D eigenvalue weighted by molar-refractivity contribution is 5.84.